The Kier molecular flexibility index (Phi) is 4.35. The predicted octanol–water partition coefficient (Wildman–Crippen LogP) is 3.84. The van der Waals surface area contributed by atoms with Crippen LogP contribution in [0.1, 0.15) is 21.6 Å². The summed E-state index contributed by atoms with van der Waals surface area (Å²) >= 11 is 6.08. The molecule has 1 amide bonds. The number of carbonyl (C=O) groups is 1. The van der Waals surface area contributed by atoms with E-state index in [1.165, 1.54) is 5.56 Å². The quantitative estimate of drug-likeness (QED) is 0.791. The van der Waals surface area contributed by atoms with Crippen LogP contribution in [0.4, 0.5) is 0 Å². The van der Waals surface area contributed by atoms with Gasteiger partial charge in [0, 0.05) is 47.6 Å². The molecule has 23 heavy (non-hydrogen) atoms. The number of carbonyl (C=O) groups excluding carboxylic acids is 1. The van der Waals surface area contributed by atoms with E-state index in [2.05, 4.69) is 9.97 Å². The topological polar surface area (TPSA) is 49.0 Å². The maximum absolute atomic E-state index is 12.8. The summed E-state index contributed by atoms with van der Waals surface area (Å²) in [6, 6.07) is 9.49. The number of rotatable bonds is 4. The second-order valence-corrected chi connectivity index (χ2v) is 6.08. The fourth-order valence-corrected chi connectivity index (χ4v) is 2.89. The normalized spacial score (nSPS) is 10.9. The van der Waals surface area contributed by atoms with E-state index in [1.807, 2.05) is 44.3 Å². The van der Waals surface area contributed by atoms with Crippen molar-refractivity contribution in [2.24, 2.45) is 0 Å². The van der Waals surface area contributed by atoms with Crippen molar-refractivity contribution >= 4 is 28.4 Å². The van der Waals surface area contributed by atoms with E-state index >= 15 is 0 Å². The molecule has 0 saturated carbocycles. The lowest BCUT2D eigenvalue weighted by Gasteiger charge is -2.17. The molecule has 0 aliphatic heterocycles. The summed E-state index contributed by atoms with van der Waals surface area (Å²) in [5, 5.41) is 1.50. The Labute approximate surface area is 140 Å². The second kappa shape index (κ2) is 6.42. The molecule has 4 nitrogen and oxygen atoms in total. The molecule has 0 aliphatic carbocycles. The van der Waals surface area contributed by atoms with Gasteiger partial charge in [0.1, 0.15) is 0 Å². The van der Waals surface area contributed by atoms with E-state index in [1.54, 1.807) is 17.3 Å². The van der Waals surface area contributed by atoms with Crippen LogP contribution in [0.15, 0.2) is 42.7 Å². The third kappa shape index (κ3) is 3.22. The molecule has 1 aromatic carbocycles. The number of benzene rings is 1. The van der Waals surface area contributed by atoms with Crippen molar-refractivity contribution in [3.05, 3.63) is 64.6 Å². The van der Waals surface area contributed by atoms with Crippen LogP contribution in [-0.2, 0) is 6.42 Å². The average molecular weight is 328 g/mol. The maximum Gasteiger partial charge on any atom is 0.256 e. The molecule has 5 heteroatoms. The molecular weight excluding hydrogens is 310 g/mol. The third-order valence-electron chi connectivity index (χ3n) is 3.99. The number of aryl methyl sites for hydroxylation is 1. The first-order valence-electron chi connectivity index (χ1n) is 7.48. The number of aromatic nitrogens is 2. The molecule has 3 aromatic rings. The molecule has 1 N–H and O–H groups in total. The Morgan fingerprint density at radius 2 is 2.00 bits per heavy atom. The van der Waals surface area contributed by atoms with E-state index in [4.69, 9.17) is 11.6 Å². The highest BCUT2D eigenvalue weighted by Gasteiger charge is 2.19. The zero-order chi connectivity index (χ0) is 16.4. The molecule has 0 radical (unpaired) electrons. The van der Waals surface area contributed by atoms with Gasteiger partial charge in [0.2, 0.25) is 0 Å². The van der Waals surface area contributed by atoms with E-state index in [-0.39, 0.29) is 5.91 Å². The molecule has 0 spiro atoms. The minimum absolute atomic E-state index is 0.00470. The summed E-state index contributed by atoms with van der Waals surface area (Å²) in [6.45, 7) is 2.56. The number of nitrogens with zero attached hydrogens (tertiary/aromatic N) is 2. The van der Waals surface area contributed by atoms with E-state index in [9.17, 15) is 4.79 Å². The van der Waals surface area contributed by atoms with Crippen LogP contribution in [0.2, 0.25) is 5.02 Å². The van der Waals surface area contributed by atoms with Gasteiger partial charge in [-0.05, 0) is 49.2 Å². The van der Waals surface area contributed by atoms with E-state index < -0.39 is 0 Å². The first-order valence-corrected chi connectivity index (χ1v) is 7.86. The number of hydrogen-bond acceptors (Lipinski definition) is 2. The molecule has 2 heterocycles. The summed E-state index contributed by atoms with van der Waals surface area (Å²) in [5.41, 5.74) is 3.65. The van der Waals surface area contributed by atoms with Gasteiger partial charge in [-0.15, -0.1) is 0 Å². The Hall–Kier alpha value is -2.33. The smallest absolute Gasteiger partial charge is 0.256 e. The third-order valence-corrected chi connectivity index (χ3v) is 4.23. The van der Waals surface area contributed by atoms with Crippen LogP contribution in [0, 0.1) is 6.92 Å². The van der Waals surface area contributed by atoms with Crippen LogP contribution < -0.4 is 0 Å². The number of amides is 1. The highest BCUT2D eigenvalue weighted by Crippen LogP contribution is 2.26. The number of hydrogen-bond donors (Lipinski definition) is 1. The molecule has 3 rings (SSSR count). The number of pyridine rings is 1. The summed E-state index contributed by atoms with van der Waals surface area (Å²) < 4.78 is 0. The zero-order valence-electron chi connectivity index (χ0n) is 13.1. The standard InChI is InChI=1S/C18H18ClN3O/c1-12-17(15-11-14(19)3-4-16(15)21-12)18(23)22(2)10-7-13-5-8-20-9-6-13/h3-6,8-9,11,21H,7,10H2,1-2H3. The second-order valence-electron chi connectivity index (χ2n) is 5.65. The lowest BCUT2D eigenvalue weighted by molar-refractivity contribution is 0.0798. The molecule has 0 unspecified atom stereocenters. The van der Waals surface area contributed by atoms with Gasteiger partial charge in [-0.3, -0.25) is 9.78 Å². The van der Waals surface area contributed by atoms with Gasteiger partial charge < -0.3 is 9.88 Å². The van der Waals surface area contributed by atoms with Gasteiger partial charge in [-0.1, -0.05) is 11.6 Å². The van der Waals surface area contributed by atoms with Crippen LogP contribution in [0.3, 0.4) is 0 Å². The van der Waals surface area contributed by atoms with Gasteiger partial charge in [0.05, 0.1) is 5.56 Å². The van der Waals surface area contributed by atoms with Gasteiger partial charge in [0.15, 0.2) is 0 Å². The minimum Gasteiger partial charge on any atom is -0.358 e. The molecule has 0 bridgehead atoms. The minimum atomic E-state index is 0.00470. The van der Waals surface area contributed by atoms with Crippen LogP contribution in [-0.4, -0.2) is 34.4 Å². The lowest BCUT2D eigenvalue weighted by atomic mass is 10.1. The Morgan fingerprint density at radius 1 is 1.26 bits per heavy atom. The molecular formula is C18H18ClN3O. The number of likely N-dealkylation sites (N-methyl/N-ethyl adjacent to an activating group) is 1. The van der Waals surface area contributed by atoms with Crippen molar-refractivity contribution < 1.29 is 4.79 Å². The molecule has 0 aliphatic rings. The van der Waals surface area contributed by atoms with Gasteiger partial charge in [-0.2, -0.15) is 0 Å². The van der Waals surface area contributed by atoms with Crippen LogP contribution >= 0.6 is 11.6 Å². The monoisotopic (exact) mass is 327 g/mol. The summed E-state index contributed by atoms with van der Waals surface area (Å²) in [4.78, 5) is 21.8. The Bertz CT molecular complexity index is 842. The predicted molar refractivity (Wildman–Crippen MR) is 92.9 cm³/mol. The summed E-state index contributed by atoms with van der Waals surface area (Å²) in [6.07, 6.45) is 4.33. The highest BCUT2D eigenvalue weighted by molar-refractivity contribution is 6.31. The molecule has 118 valence electrons. The first-order chi connectivity index (χ1) is 11.1. The summed E-state index contributed by atoms with van der Waals surface area (Å²) in [5.74, 6) is 0.00470. The van der Waals surface area contributed by atoms with Crippen molar-refractivity contribution in [1.29, 1.82) is 0 Å². The van der Waals surface area contributed by atoms with Crippen molar-refractivity contribution in [2.75, 3.05) is 13.6 Å². The number of H-pyrrole nitrogens is 1. The number of halogens is 1. The van der Waals surface area contributed by atoms with E-state index in [0.29, 0.717) is 17.1 Å². The van der Waals surface area contributed by atoms with Gasteiger partial charge >= 0.3 is 0 Å². The number of nitrogens with one attached hydrogen (secondary N) is 1. The molecule has 0 atom stereocenters. The molecule has 0 fully saturated rings. The van der Waals surface area contributed by atoms with E-state index in [0.717, 1.165) is 23.0 Å². The SMILES string of the molecule is Cc1[nH]c2ccc(Cl)cc2c1C(=O)N(C)CCc1ccncc1. The van der Waals surface area contributed by atoms with Crippen LogP contribution in [0.25, 0.3) is 10.9 Å². The van der Waals surface area contributed by atoms with Crippen molar-refractivity contribution in [3.63, 3.8) is 0 Å². The average Bonchev–Trinajstić information content (AvgIpc) is 2.88. The fraction of sp³-hybridized carbons (Fsp3) is 0.222. The lowest BCUT2D eigenvalue weighted by Crippen LogP contribution is -2.29. The fourth-order valence-electron chi connectivity index (χ4n) is 2.71. The van der Waals surface area contributed by atoms with Crippen molar-refractivity contribution in [2.45, 2.75) is 13.3 Å². The van der Waals surface area contributed by atoms with Gasteiger partial charge in [0.25, 0.3) is 5.91 Å². The van der Waals surface area contributed by atoms with Gasteiger partial charge in [-0.25, -0.2) is 0 Å². The van der Waals surface area contributed by atoms with Crippen molar-refractivity contribution in [1.82, 2.24) is 14.9 Å². The first kappa shape index (κ1) is 15.6. The largest absolute Gasteiger partial charge is 0.358 e. The maximum atomic E-state index is 12.8. The summed E-state index contributed by atoms with van der Waals surface area (Å²) in [7, 11) is 1.83. The van der Waals surface area contributed by atoms with Crippen LogP contribution in [0.5, 0.6) is 0 Å². The Balaban J connectivity index is 1.82. The number of fused-ring (bicyclic) bond motifs is 1. The molecule has 2 aromatic heterocycles. The van der Waals surface area contributed by atoms with Crippen molar-refractivity contribution in [3.8, 4) is 0 Å². The molecule has 0 saturated heterocycles. The Morgan fingerprint density at radius 3 is 2.74 bits per heavy atom. The zero-order valence-corrected chi connectivity index (χ0v) is 13.9. The number of aromatic amines is 1. The highest BCUT2D eigenvalue weighted by atomic mass is 35.5.